The van der Waals surface area contributed by atoms with Crippen molar-refractivity contribution in [2.45, 2.75) is 23.8 Å². The van der Waals surface area contributed by atoms with Crippen molar-refractivity contribution in [3.63, 3.8) is 0 Å². The van der Waals surface area contributed by atoms with Gasteiger partial charge in [0, 0.05) is 17.2 Å². The van der Waals surface area contributed by atoms with E-state index in [1.54, 1.807) is 6.07 Å². The molecule has 23 heavy (non-hydrogen) atoms. The molecule has 0 fully saturated rings. The molecule has 120 valence electrons. The molecule has 2 amide bonds. The molecule has 2 aromatic rings. The number of hydrogen-bond acceptors (Lipinski definition) is 2. The average Bonchev–Trinajstić information content (AvgIpc) is 2.55. The Hall–Kier alpha value is -2.01. The zero-order valence-corrected chi connectivity index (χ0v) is 13.5. The number of fused-ring (bicyclic) bond motifs is 1. The second-order valence-electron chi connectivity index (χ2n) is 5.51. The van der Waals surface area contributed by atoms with Gasteiger partial charge in [0.15, 0.2) is 0 Å². The van der Waals surface area contributed by atoms with Crippen LogP contribution in [-0.4, -0.2) is 18.3 Å². The molecular formula is C18H19FN2OS. The summed E-state index contributed by atoms with van der Waals surface area (Å²) in [5.41, 5.74) is 2.06. The normalized spacial score (nSPS) is 16.5. The van der Waals surface area contributed by atoms with Crippen molar-refractivity contribution < 1.29 is 9.18 Å². The van der Waals surface area contributed by atoms with E-state index in [0.29, 0.717) is 13.0 Å². The Morgan fingerprint density at radius 2 is 2.09 bits per heavy atom. The first-order chi connectivity index (χ1) is 11.2. The molecule has 0 spiro atoms. The van der Waals surface area contributed by atoms with E-state index >= 15 is 0 Å². The van der Waals surface area contributed by atoms with Gasteiger partial charge in [-0.3, -0.25) is 0 Å². The van der Waals surface area contributed by atoms with E-state index in [9.17, 15) is 9.18 Å². The number of halogens is 1. The second kappa shape index (κ2) is 7.51. The number of rotatable bonds is 4. The van der Waals surface area contributed by atoms with Crippen LogP contribution in [-0.2, 0) is 6.42 Å². The van der Waals surface area contributed by atoms with Crippen LogP contribution < -0.4 is 10.6 Å². The summed E-state index contributed by atoms with van der Waals surface area (Å²) in [6, 6.07) is 14.5. The number of benzene rings is 2. The van der Waals surface area contributed by atoms with Crippen molar-refractivity contribution in [3.05, 3.63) is 65.5 Å². The van der Waals surface area contributed by atoms with Crippen molar-refractivity contribution in [1.29, 1.82) is 0 Å². The monoisotopic (exact) mass is 330 g/mol. The average molecular weight is 330 g/mol. The molecule has 1 aliphatic heterocycles. The number of carbonyl (C=O) groups excluding carboxylic acids is 1. The SMILES string of the molecule is O=C(NCCc1cccc(F)c1)N[C@@H]1CCSc2ccccc21. The molecule has 1 atom stereocenters. The number of nitrogens with one attached hydrogen (secondary N) is 2. The zero-order chi connectivity index (χ0) is 16.1. The minimum Gasteiger partial charge on any atom is -0.338 e. The van der Waals surface area contributed by atoms with E-state index in [0.717, 1.165) is 17.7 Å². The van der Waals surface area contributed by atoms with Crippen LogP contribution in [0.2, 0.25) is 0 Å². The molecule has 0 aliphatic carbocycles. The Kier molecular flexibility index (Phi) is 5.18. The fourth-order valence-corrected chi connectivity index (χ4v) is 3.84. The van der Waals surface area contributed by atoms with Crippen molar-refractivity contribution in [1.82, 2.24) is 10.6 Å². The third kappa shape index (κ3) is 4.26. The van der Waals surface area contributed by atoms with Gasteiger partial charge in [0.25, 0.3) is 0 Å². The quantitative estimate of drug-likeness (QED) is 0.892. The Balaban J connectivity index is 1.50. The molecule has 0 saturated carbocycles. The van der Waals surface area contributed by atoms with Crippen molar-refractivity contribution >= 4 is 17.8 Å². The standard InChI is InChI=1S/C18H19FN2OS/c19-14-5-3-4-13(12-14)8-10-20-18(22)21-16-9-11-23-17-7-2-1-6-15(16)17/h1-7,12,16H,8-11H2,(H2,20,21,22)/t16-/m1/s1. The van der Waals surface area contributed by atoms with Crippen LogP contribution in [0.4, 0.5) is 9.18 Å². The molecule has 0 saturated heterocycles. The van der Waals surface area contributed by atoms with E-state index in [2.05, 4.69) is 22.8 Å². The molecule has 2 aromatic carbocycles. The molecule has 0 unspecified atom stereocenters. The van der Waals surface area contributed by atoms with Crippen molar-refractivity contribution in [3.8, 4) is 0 Å². The molecule has 0 bridgehead atoms. The van der Waals surface area contributed by atoms with Gasteiger partial charge in [0.05, 0.1) is 6.04 Å². The second-order valence-corrected chi connectivity index (χ2v) is 6.64. The predicted molar refractivity (Wildman–Crippen MR) is 91.2 cm³/mol. The summed E-state index contributed by atoms with van der Waals surface area (Å²) in [6.45, 7) is 0.485. The van der Waals surface area contributed by atoms with Crippen LogP contribution in [0.25, 0.3) is 0 Å². The summed E-state index contributed by atoms with van der Waals surface area (Å²) in [6.07, 6.45) is 1.54. The Bertz CT molecular complexity index is 692. The smallest absolute Gasteiger partial charge is 0.315 e. The van der Waals surface area contributed by atoms with Gasteiger partial charge in [0.2, 0.25) is 0 Å². The summed E-state index contributed by atoms with van der Waals surface area (Å²) >= 11 is 1.83. The fraction of sp³-hybridized carbons (Fsp3) is 0.278. The highest BCUT2D eigenvalue weighted by molar-refractivity contribution is 7.99. The summed E-state index contributed by atoms with van der Waals surface area (Å²) in [5, 5.41) is 5.88. The minimum atomic E-state index is -0.247. The highest BCUT2D eigenvalue weighted by atomic mass is 32.2. The van der Waals surface area contributed by atoms with E-state index < -0.39 is 0 Å². The first-order valence-corrected chi connectivity index (χ1v) is 8.71. The summed E-state index contributed by atoms with van der Waals surface area (Å²) in [4.78, 5) is 13.3. The number of hydrogen-bond donors (Lipinski definition) is 2. The maximum absolute atomic E-state index is 13.1. The first-order valence-electron chi connectivity index (χ1n) is 7.73. The lowest BCUT2D eigenvalue weighted by atomic mass is 10.0. The largest absolute Gasteiger partial charge is 0.338 e. The van der Waals surface area contributed by atoms with Gasteiger partial charge in [-0.2, -0.15) is 0 Å². The summed E-state index contributed by atoms with van der Waals surface area (Å²) < 4.78 is 13.1. The van der Waals surface area contributed by atoms with Gasteiger partial charge in [-0.25, -0.2) is 9.18 Å². The van der Waals surface area contributed by atoms with Gasteiger partial charge < -0.3 is 10.6 Å². The summed E-state index contributed by atoms with van der Waals surface area (Å²) in [7, 11) is 0. The number of thioether (sulfide) groups is 1. The lowest BCUT2D eigenvalue weighted by Gasteiger charge is -2.25. The number of urea groups is 1. The third-order valence-electron chi connectivity index (χ3n) is 3.85. The molecule has 0 aromatic heterocycles. The maximum atomic E-state index is 13.1. The first kappa shape index (κ1) is 15.9. The minimum absolute atomic E-state index is 0.0571. The van der Waals surface area contributed by atoms with Crippen molar-refractivity contribution in [2.24, 2.45) is 0 Å². The van der Waals surface area contributed by atoms with Gasteiger partial charge in [-0.1, -0.05) is 30.3 Å². The van der Waals surface area contributed by atoms with Crippen LogP contribution in [0.5, 0.6) is 0 Å². The zero-order valence-electron chi connectivity index (χ0n) is 12.7. The van der Waals surface area contributed by atoms with Crippen LogP contribution in [0.3, 0.4) is 0 Å². The summed E-state index contributed by atoms with van der Waals surface area (Å²) in [5.74, 6) is 0.758. The lowest BCUT2D eigenvalue weighted by molar-refractivity contribution is 0.236. The van der Waals surface area contributed by atoms with Crippen LogP contribution in [0, 0.1) is 5.82 Å². The van der Waals surface area contributed by atoms with E-state index in [1.165, 1.54) is 22.6 Å². The molecular weight excluding hydrogens is 311 g/mol. The number of carbonyl (C=O) groups is 1. The molecule has 0 radical (unpaired) electrons. The molecule has 1 aliphatic rings. The van der Waals surface area contributed by atoms with Gasteiger partial charge in [0.1, 0.15) is 5.82 Å². The third-order valence-corrected chi connectivity index (χ3v) is 4.97. The fourth-order valence-electron chi connectivity index (χ4n) is 2.71. The molecule has 1 heterocycles. The van der Waals surface area contributed by atoms with Crippen LogP contribution in [0.1, 0.15) is 23.6 Å². The Morgan fingerprint density at radius 1 is 1.22 bits per heavy atom. The lowest BCUT2D eigenvalue weighted by Crippen LogP contribution is -2.39. The van der Waals surface area contributed by atoms with Crippen LogP contribution in [0.15, 0.2) is 53.4 Å². The van der Waals surface area contributed by atoms with E-state index in [1.807, 2.05) is 30.0 Å². The topological polar surface area (TPSA) is 41.1 Å². The van der Waals surface area contributed by atoms with Gasteiger partial charge in [-0.05, 0) is 42.2 Å². The van der Waals surface area contributed by atoms with Gasteiger partial charge >= 0.3 is 6.03 Å². The molecule has 3 rings (SSSR count). The predicted octanol–water partition coefficient (Wildman–Crippen LogP) is 3.90. The van der Waals surface area contributed by atoms with Gasteiger partial charge in [-0.15, -0.1) is 11.8 Å². The number of amides is 2. The van der Waals surface area contributed by atoms with E-state index in [4.69, 9.17) is 0 Å². The molecule has 3 nitrogen and oxygen atoms in total. The van der Waals surface area contributed by atoms with E-state index in [-0.39, 0.29) is 17.9 Å². The molecule has 2 N–H and O–H groups in total. The highest BCUT2D eigenvalue weighted by Gasteiger charge is 2.21. The Labute approximate surface area is 139 Å². The maximum Gasteiger partial charge on any atom is 0.315 e. The van der Waals surface area contributed by atoms with Crippen molar-refractivity contribution in [2.75, 3.05) is 12.3 Å². The molecule has 5 heteroatoms. The van der Waals surface area contributed by atoms with Crippen LogP contribution >= 0.6 is 11.8 Å². The Morgan fingerprint density at radius 3 is 2.96 bits per heavy atom. The highest BCUT2D eigenvalue weighted by Crippen LogP contribution is 2.35.